The minimum atomic E-state index is -0.732. The van der Waals surface area contributed by atoms with Crippen molar-refractivity contribution in [1.82, 2.24) is 0 Å². The molecule has 0 atom stereocenters. The average Bonchev–Trinajstić information content (AvgIpc) is 2.46. The van der Waals surface area contributed by atoms with Crippen LogP contribution in [0.4, 0.5) is 5.69 Å². The molecule has 0 aliphatic carbocycles. The lowest BCUT2D eigenvalue weighted by Crippen LogP contribution is -2.50. The third-order valence-corrected chi connectivity index (χ3v) is 4.37. The van der Waals surface area contributed by atoms with Gasteiger partial charge in [0.2, 0.25) is 0 Å². The van der Waals surface area contributed by atoms with Crippen molar-refractivity contribution in [1.29, 1.82) is 0 Å². The molecule has 1 N–H and O–H groups in total. The Morgan fingerprint density at radius 1 is 1.38 bits per heavy atom. The van der Waals surface area contributed by atoms with Crippen LogP contribution in [0.3, 0.4) is 0 Å². The van der Waals surface area contributed by atoms with Gasteiger partial charge in [0, 0.05) is 13.0 Å². The predicted molar refractivity (Wildman–Crippen MR) is 84.2 cm³/mol. The number of nitrogens with zero attached hydrogens (tertiary/aromatic N) is 1. The zero-order valence-corrected chi connectivity index (χ0v) is 13.2. The van der Waals surface area contributed by atoms with Gasteiger partial charge in [-0.25, -0.2) is 0 Å². The molecule has 1 aromatic carbocycles. The Kier molecular flexibility index (Phi) is 4.76. The zero-order valence-electron chi connectivity index (χ0n) is 13.2. The Balaban J connectivity index is 2.24. The van der Waals surface area contributed by atoms with Gasteiger partial charge in [0.05, 0.1) is 12.2 Å². The van der Waals surface area contributed by atoms with Crippen LogP contribution in [0.1, 0.15) is 45.1 Å². The van der Waals surface area contributed by atoms with E-state index in [1.54, 1.807) is 0 Å². The van der Waals surface area contributed by atoms with Crippen LogP contribution in [0.2, 0.25) is 0 Å². The number of aliphatic carboxylic acids is 1. The predicted octanol–water partition coefficient (Wildman–Crippen LogP) is 3.62. The number of hydrogen-bond acceptors (Lipinski definition) is 3. The maximum Gasteiger partial charge on any atom is 0.303 e. The first kappa shape index (κ1) is 15.7. The average molecular weight is 291 g/mol. The lowest BCUT2D eigenvalue weighted by molar-refractivity contribution is -0.137. The van der Waals surface area contributed by atoms with Crippen molar-refractivity contribution in [2.24, 2.45) is 0 Å². The standard InChI is InChI=1S/C17H25NO3/c1-4-17(5-2)12-18(10-6-7-16(19)20)14-9-8-13(3)11-15(14)21-17/h8-9,11H,4-7,10,12H2,1-3H3,(H,19,20). The Hall–Kier alpha value is -1.71. The van der Waals surface area contributed by atoms with E-state index < -0.39 is 5.97 Å². The molecular weight excluding hydrogens is 266 g/mol. The Labute approximate surface area is 126 Å². The summed E-state index contributed by atoms with van der Waals surface area (Å²) < 4.78 is 6.30. The summed E-state index contributed by atoms with van der Waals surface area (Å²) in [6.07, 6.45) is 2.77. The van der Waals surface area contributed by atoms with Crippen LogP contribution in [-0.4, -0.2) is 29.8 Å². The molecule has 0 unspecified atom stereocenters. The smallest absolute Gasteiger partial charge is 0.303 e. The number of anilines is 1. The highest BCUT2D eigenvalue weighted by Crippen LogP contribution is 2.40. The molecule has 0 amide bonds. The molecule has 0 aromatic heterocycles. The molecule has 4 heteroatoms. The van der Waals surface area contributed by atoms with Crippen molar-refractivity contribution in [3.05, 3.63) is 23.8 Å². The van der Waals surface area contributed by atoms with Crippen molar-refractivity contribution in [2.45, 2.75) is 52.1 Å². The second-order valence-electron chi connectivity index (χ2n) is 5.88. The van der Waals surface area contributed by atoms with E-state index in [2.05, 4.69) is 43.9 Å². The first-order valence-electron chi connectivity index (χ1n) is 7.76. The summed E-state index contributed by atoms with van der Waals surface area (Å²) >= 11 is 0. The number of aryl methyl sites for hydroxylation is 1. The number of rotatable bonds is 6. The van der Waals surface area contributed by atoms with Gasteiger partial charge >= 0.3 is 5.97 Å². The number of ether oxygens (including phenoxy) is 1. The summed E-state index contributed by atoms with van der Waals surface area (Å²) in [6, 6.07) is 6.25. The van der Waals surface area contributed by atoms with E-state index in [0.717, 1.165) is 37.4 Å². The summed E-state index contributed by atoms with van der Waals surface area (Å²) in [6.45, 7) is 7.95. The Morgan fingerprint density at radius 3 is 2.71 bits per heavy atom. The van der Waals surface area contributed by atoms with Gasteiger partial charge in [-0.2, -0.15) is 0 Å². The highest BCUT2D eigenvalue weighted by Gasteiger charge is 2.36. The van der Waals surface area contributed by atoms with Crippen LogP contribution in [0.15, 0.2) is 18.2 Å². The summed E-state index contributed by atoms with van der Waals surface area (Å²) in [4.78, 5) is 13.0. The minimum absolute atomic E-state index is 0.163. The van der Waals surface area contributed by atoms with E-state index in [0.29, 0.717) is 6.42 Å². The van der Waals surface area contributed by atoms with Gasteiger partial charge in [-0.3, -0.25) is 4.79 Å². The molecule has 116 valence electrons. The molecular formula is C17H25NO3. The molecule has 0 radical (unpaired) electrons. The van der Waals surface area contributed by atoms with Gasteiger partial charge in [0.1, 0.15) is 11.4 Å². The molecule has 0 bridgehead atoms. The lowest BCUT2D eigenvalue weighted by Gasteiger charge is -2.44. The first-order valence-corrected chi connectivity index (χ1v) is 7.76. The van der Waals surface area contributed by atoms with E-state index >= 15 is 0 Å². The Bertz CT molecular complexity index is 509. The third-order valence-electron chi connectivity index (χ3n) is 4.37. The Morgan fingerprint density at radius 2 is 2.10 bits per heavy atom. The molecule has 1 heterocycles. The third kappa shape index (κ3) is 3.49. The van der Waals surface area contributed by atoms with E-state index in [1.807, 2.05) is 0 Å². The quantitative estimate of drug-likeness (QED) is 0.869. The van der Waals surface area contributed by atoms with Gasteiger partial charge < -0.3 is 14.7 Å². The van der Waals surface area contributed by atoms with Crippen LogP contribution in [0.5, 0.6) is 5.75 Å². The highest BCUT2D eigenvalue weighted by atomic mass is 16.5. The monoisotopic (exact) mass is 291 g/mol. The molecule has 0 saturated carbocycles. The molecule has 0 saturated heterocycles. The molecule has 21 heavy (non-hydrogen) atoms. The van der Waals surface area contributed by atoms with E-state index in [-0.39, 0.29) is 12.0 Å². The summed E-state index contributed by atoms with van der Waals surface area (Å²) in [5.74, 6) is 0.199. The van der Waals surface area contributed by atoms with Gasteiger partial charge in [-0.15, -0.1) is 0 Å². The molecule has 1 aromatic rings. The van der Waals surface area contributed by atoms with Gasteiger partial charge in [-0.1, -0.05) is 19.9 Å². The highest BCUT2D eigenvalue weighted by molar-refractivity contribution is 5.67. The van der Waals surface area contributed by atoms with Gasteiger partial charge in [-0.05, 0) is 43.9 Å². The molecule has 0 fully saturated rings. The van der Waals surface area contributed by atoms with Crippen LogP contribution in [0, 0.1) is 6.92 Å². The molecule has 2 rings (SSSR count). The van der Waals surface area contributed by atoms with Gasteiger partial charge in [0.25, 0.3) is 0 Å². The van der Waals surface area contributed by atoms with E-state index in [4.69, 9.17) is 9.84 Å². The van der Waals surface area contributed by atoms with Crippen molar-refractivity contribution < 1.29 is 14.6 Å². The SMILES string of the molecule is CCC1(CC)CN(CCCC(=O)O)c2ccc(C)cc2O1. The fraction of sp³-hybridized carbons (Fsp3) is 0.588. The number of carbonyl (C=O) groups is 1. The largest absolute Gasteiger partial charge is 0.483 e. The van der Waals surface area contributed by atoms with Crippen molar-refractivity contribution >= 4 is 11.7 Å². The van der Waals surface area contributed by atoms with E-state index in [1.165, 1.54) is 5.56 Å². The fourth-order valence-corrected chi connectivity index (χ4v) is 2.90. The number of hydrogen-bond donors (Lipinski definition) is 1. The fourth-order valence-electron chi connectivity index (χ4n) is 2.90. The van der Waals surface area contributed by atoms with E-state index in [9.17, 15) is 4.79 Å². The summed E-state index contributed by atoms with van der Waals surface area (Å²) in [5, 5.41) is 8.83. The second kappa shape index (κ2) is 6.37. The number of carboxylic acid groups (broad SMARTS) is 1. The van der Waals surface area contributed by atoms with Crippen LogP contribution in [-0.2, 0) is 4.79 Å². The molecule has 4 nitrogen and oxygen atoms in total. The lowest BCUT2D eigenvalue weighted by atomic mass is 9.93. The number of carboxylic acids is 1. The van der Waals surface area contributed by atoms with Crippen LogP contribution in [0.25, 0.3) is 0 Å². The summed E-state index contributed by atoms with van der Waals surface area (Å²) in [7, 11) is 0. The maximum absolute atomic E-state index is 10.7. The summed E-state index contributed by atoms with van der Waals surface area (Å²) in [5.41, 5.74) is 2.11. The van der Waals surface area contributed by atoms with Crippen molar-refractivity contribution in [3.8, 4) is 5.75 Å². The zero-order chi connectivity index (χ0) is 15.5. The minimum Gasteiger partial charge on any atom is -0.483 e. The van der Waals surface area contributed by atoms with Crippen molar-refractivity contribution in [3.63, 3.8) is 0 Å². The topological polar surface area (TPSA) is 49.8 Å². The number of fused-ring (bicyclic) bond motifs is 1. The molecule has 1 aliphatic rings. The van der Waals surface area contributed by atoms with Crippen molar-refractivity contribution in [2.75, 3.05) is 18.0 Å². The first-order chi connectivity index (χ1) is 9.99. The maximum atomic E-state index is 10.7. The van der Waals surface area contributed by atoms with Crippen LogP contribution < -0.4 is 9.64 Å². The second-order valence-corrected chi connectivity index (χ2v) is 5.88. The van der Waals surface area contributed by atoms with Gasteiger partial charge in [0.15, 0.2) is 0 Å². The molecule has 0 spiro atoms. The van der Waals surface area contributed by atoms with Crippen LogP contribution >= 0.6 is 0 Å². The normalized spacial score (nSPS) is 16.2. The number of benzene rings is 1. The molecule has 1 aliphatic heterocycles.